The van der Waals surface area contributed by atoms with Crippen molar-refractivity contribution in [1.29, 1.82) is 0 Å². The number of hydrogen-bond acceptors (Lipinski definition) is 4. The third-order valence-electron chi connectivity index (χ3n) is 3.91. The lowest BCUT2D eigenvalue weighted by atomic mass is 9.78. The van der Waals surface area contributed by atoms with Crippen molar-refractivity contribution in [3.63, 3.8) is 0 Å². The Kier molecular flexibility index (Phi) is 4.80. The van der Waals surface area contributed by atoms with Crippen LogP contribution in [0, 0.1) is 12.3 Å². The summed E-state index contributed by atoms with van der Waals surface area (Å²) in [5.41, 5.74) is 6.94. The monoisotopic (exact) mass is 291 g/mol. The molecule has 21 heavy (non-hydrogen) atoms. The molecule has 0 radical (unpaired) electrons. The van der Waals surface area contributed by atoms with Crippen LogP contribution in [0.2, 0.25) is 0 Å². The molecule has 0 unspecified atom stereocenters. The van der Waals surface area contributed by atoms with Gasteiger partial charge in [0.2, 0.25) is 5.91 Å². The van der Waals surface area contributed by atoms with Gasteiger partial charge in [-0.2, -0.15) is 0 Å². The molecule has 6 heteroatoms. The smallest absolute Gasteiger partial charge is 0.234 e. The number of carbonyl (C=O) groups excluding carboxylic acids is 1. The maximum absolute atomic E-state index is 12.5. The Balaban J connectivity index is 2.09. The fourth-order valence-electron chi connectivity index (χ4n) is 2.59. The first kappa shape index (κ1) is 15.3. The Bertz CT molecular complexity index is 537. The van der Waals surface area contributed by atoms with Crippen LogP contribution in [0.4, 0.5) is 0 Å². The highest BCUT2D eigenvalue weighted by atomic mass is 16.5. The van der Waals surface area contributed by atoms with E-state index in [9.17, 15) is 4.79 Å². The summed E-state index contributed by atoms with van der Waals surface area (Å²) in [6.45, 7) is 3.27. The Labute approximate surface area is 124 Å². The van der Waals surface area contributed by atoms with E-state index in [1.54, 1.807) is 0 Å². The van der Waals surface area contributed by atoms with Crippen molar-refractivity contribution in [2.45, 2.75) is 26.3 Å². The minimum atomic E-state index is -0.975. The second-order valence-electron chi connectivity index (χ2n) is 5.35. The summed E-state index contributed by atoms with van der Waals surface area (Å²) in [4.78, 5) is 12.5. The lowest BCUT2D eigenvalue weighted by molar-refractivity contribution is -0.131. The van der Waals surface area contributed by atoms with E-state index in [-0.39, 0.29) is 11.7 Å². The molecule has 1 aliphatic rings. The van der Waals surface area contributed by atoms with Gasteiger partial charge in [-0.15, -0.1) is 0 Å². The third-order valence-corrected chi connectivity index (χ3v) is 3.91. The molecule has 0 saturated carbocycles. The Morgan fingerprint density at radius 2 is 2.19 bits per heavy atom. The molecule has 0 spiro atoms. The van der Waals surface area contributed by atoms with Gasteiger partial charge < -0.3 is 21.0 Å². The van der Waals surface area contributed by atoms with Gasteiger partial charge >= 0.3 is 0 Å². The normalized spacial score (nSPS) is 18.2. The number of hydrogen-bond donors (Lipinski definition) is 3. The van der Waals surface area contributed by atoms with Crippen molar-refractivity contribution in [2.75, 3.05) is 13.2 Å². The maximum atomic E-state index is 12.5. The molecule has 4 N–H and O–H groups in total. The summed E-state index contributed by atoms with van der Waals surface area (Å²) in [5.74, 6) is -0.268. The number of oxime groups is 1. The number of benzene rings is 1. The summed E-state index contributed by atoms with van der Waals surface area (Å²) in [6, 6.07) is 7.92. The van der Waals surface area contributed by atoms with Crippen LogP contribution in [-0.2, 0) is 16.1 Å². The van der Waals surface area contributed by atoms with Gasteiger partial charge in [-0.3, -0.25) is 4.79 Å². The lowest BCUT2D eigenvalue weighted by Gasteiger charge is -2.34. The van der Waals surface area contributed by atoms with Crippen molar-refractivity contribution >= 4 is 11.7 Å². The summed E-state index contributed by atoms with van der Waals surface area (Å²) in [7, 11) is 0. The fraction of sp³-hybridized carbons (Fsp3) is 0.467. The van der Waals surface area contributed by atoms with Crippen LogP contribution in [0.1, 0.15) is 24.0 Å². The molecule has 1 heterocycles. The number of aryl methyl sites for hydroxylation is 1. The van der Waals surface area contributed by atoms with E-state index in [0.29, 0.717) is 32.6 Å². The van der Waals surface area contributed by atoms with E-state index in [1.165, 1.54) is 0 Å². The Morgan fingerprint density at radius 3 is 2.81 bits per heavy atom. The van der Waals surface area contributed by atoms with E-state index < -0.39 is 5.41 Å². The number of amidine groups is 1. The molecule has 0 aromatic heterocycles. The van der Waals surface area contributed by atoms with Gasteiger partial charge in [-0.05, 0) is 25.3 Å². The molecule has 0 atom stereocenters. The topological polar surface area (TPSA) is 96.9 Å². The van der Waals surface area contributed by atoms with Crippen LogP contribution < -0.4 is 11.1 Å². The molecular weight excluding hydrogens is 270 g/mol. The van der Waals surface area contributed by atoms with Gasteiger partial charge in [0.15, 0.2) is 5.84 Å². The van der Waals surface area contributed by atoms with Gasteiger partial charge in [0, 0.05) is 19.8 Å². The largest absolute Gasteiger partial charge is 0.409 e. The summed E-state index contributed by atoms with van der Waals surface area (Å²) < 4.78 is 5.28. The minimum absolute atomic E-state index is 0.0486. The zero-order chi connectivity index (χ0) is 15.3. The standard InChI is InChI=1S/C15H21N3O3/c1-11-3-2-4-12(9-11)10-17-14(19)15(13(16)18-20)5-7-21-8-6-15/h2-4,9,20H,5-8,10H2,1H3,(H2,16,18)(H,17,19). The quantitative estimate of drug-likeness (QED) is 0.335. The SMILES string of the molecule is Cc1cccc(CNC(=O)C2(C(N)=NO)CCOCC2)c1. The third kappa shape index (κ3) is 3.33. The van der Waals surface area contributed by atoms with Gasteiger partial charge in [-0.25, -0.2) is 0 Å². The highest BCUT2D eigenvalue weighted by molar-refractivity contribution is 6.06. The number of amides is 1. The van der Waals surface area contributed by atoms with Gasteiger partial charge in [0.05, 0.1) is 0 Å². The van der Waals surface area contributed by atoms with Crippen LogP contribution in [-0.4, -0.2) is 30.2 Å². The van der Waals surface area contributed by atoms with E-state index in [2.05, 4.69) is 10.5 Å². The maximum Gasteiger partial charge on any atom is 0.234 e. The number of nitrogens with two attached hydrogens (primary N) is 1. The molecule has 1 aromatic rings. The summed E-state index contributed by atoms with van der Waals surface area (Å²) in [6.07, 6.45) is 0.838. The number of nitrogens with one attached hydrogen (secondary N) is 1. The Morgan fingerprint density at radius 1 is 1.48 bits per heavy atom. The number of nitrogens with zero attached hydrogens (tertiary/aromatic N) is 1. The molecule has 1 aromatic carbocycles. The van der Waals surface area contributed by atoms with E-state index >= 15 is 0 Å². The number of carbonyl (C=O) groups is 1. The number of rotatable bonds is 4. The molecule has 2 rings (SSSR count). The van der Waals surface area contributed by atoms with Crippen LogP contribution >= 0.6 is 0 Å². The van der Waals surface area contributed by atoms with Crippen molar-refractivity contribution in [3.05, 3.63) is 35.4 Å². The second-order valence-corrected chi connectivity index (χ2v) is 5.35. The van der Waals surface area contributed by atoms with E-state index in [1.807, 2.05) is 31.2 Å². The molecule has 0 aliphatic carbocycles. The highest BCUT2D eigenvalue weighted by Crippen LogP contribution is 2.31. The fourth-order valence-corrected chi connectivity index (χ4v) is 2.59. The van der Waals surface area contributed by atoms with Crippen molar-refractivity contribution in [3.8, 4) is 0 Å². The molecule has 6 nitrogen and oxygen atoms in total. The number of ether oxygens (including phenoxy) is 1. The molecule has 0 bridgehead atoms. The van der Waals surface area contributed by atoms with E-state index in [4.69, 9.17) is 15.7 Å². The minimum Gasteiger partial charge on any atom is -0.409 e. The predicted octanol–water partition coefficient (Wildman–Crippen LogP) is 1.15. The molecule has 1 amide bonds. The average molecular weight is 291 g/mol. The first-order valence-electron chi connectivity index (χ1n) is 6.98. The second kappa shape index (κ2) is 6.58. The summed E-state index contributed by atoms with van der Waals surface area (Å²) in [5, 5.41) is 14.9. The van der Waals surface area contributed by atoms with Crippen LogP contribution in [0.25, 0.3) is 0 Å². The summed E-state index contributed by atoms with van der Waals surface area (Å²) >= 11 is 0. The van der Waals surface area contributed by atoms with Crippen LogP contribution in [0.5, 0.6) is 0 Å². The predicted molar refractivity (Wildman–Crippen MR) is 78.9 cm³/mol. The van der Waals surface area contributed by atoms with Crippen LogP contribution in [0.15, 0.2) is 29.4 Å². The first-order valence-corrected chi connectivity index (χ1v) is 6.98. The van der Waals surface area contributed by atoms with Crippen molar-refractivity contribution < 1.29 is 14.7 Å². The van der Waals surface area contributed by atoms with Crippen molar-refractivity contribution in [1.82, 2.24) is 5.32 Å². The molecular formula is C15H21N3O3. The van der Waals surface area contributed by atoms with Gasteiger partial charge in [0.1, 0.15) is 5.41 Å². The molecule has 1 aliphatic heterocycles. The van der Waals surface area contributed by atoms with E-state index in [0.717, 1.165) is 11.1 Å². The molecule has 1 fully saturated rings. The molecule has 114 valence electrons. The van der Waals surface area contributed by atoms with Crippen LogP contribution in [0.3, 0.4) is 0 Å². The first-order chi connectivity index (χ1) is 10.1. The Hall–Kier alpha value is -2.08. The van der Waals surface area contributed by atoms with Gasteiger partial charge in [0.25, 0.3) is 0 Å². The molecule has 1 saturated heterocycles. The average Bonchev–Trinajstić information content (AvgIpc) is 2.52. The van der Waals surface area contributed by atoms with Crippen molar-refractivity contribution in [2.24, 2.45) is 16.3 Å². The lowest BCUT2D eigenvalue weighted by Crippen LogP contribution is -2.52. The van der Waals surface area contributed by atoms with Gasteiger partial charge in [-0.1, -0.05) is 35.0 Å². The zero-order valence-corrected chi connectivity index (χ0v) is 12.1. The highest BCUT2D eigenvalue weighted by Gasteiger charge is 2.44. The zero-order valence-electron chi connectivity index (χ0n) is 12.1.